The number of esters is 2. The van der Waals surface area contributed by atoms with Gasteiger partial charge in [-0.15, -0.1) is 0 Å². The Morgan fingerprint density at radius 1 is 0.926 bits per heavy atom. The van der Waals surface area contributed by atoms with E-state index in [4.69, 9.17) is 14.7 Å². The molecule has 0 spiro atoms. The van der Waals surface area contributed by atoms with Crippen molar-refractivity contribution in [2.75, 3.05) is 14.2 Å². The molecule has 0 bridgehead atoms. The summed E-state index contributed by atoms with van der Waals surface area (Å²) in [6, 6.07) is 8.25. The molecule has 0 N–H and O–H groups in total. The van der Waals surface area contributed by atoms with Crippen LogP contribution in [0.25, 0.3) is 0 Å². The molecular weight excluding hydrogens is 346 g/mol. The predicted octanol–water partition coefficient (Wildman–Crippen LogP) is 2.93. The van der Waals surface area contributed by atoms with Crippen LogP contribution in [0.4, 0.5) is 0 Å². The predicted molar refractivity (Wildman–Crippen MR) is 95.0 cm³/mol. The van der Waals surface area contributed by atoms with Crippen molar-refractivity contribution in [3.8, 4) is 18.2 Å². The van der Waals surface area contributed by atoms with E-state index < -0.39 is 23.8 Å². The number of carbonyl (C=O) groups excluding carboxylic acids is 2. The molecule has 0 aromatic heterocycles. The molecule has 1 aromatic carbocycles. The lowest BCUT2D eigenvalue weighted by molar-refractivity contribution is -0.154. The van der Waals surface area contributed by atoms with E-state index in [2.05, 4.69) is 0 Å². The summed E-state index contributed by atoms with van der Waals surface area (Å²) in [6.07, 6.45) is 2.85. The number of unbranched alkanes of at least 4 members (excludes halogenated alkanes) is 2. The third-order valence-corrected chi connectivity index (χ3v) is 4.37. The van der Waals surface area contributed by atoms with Crippen LogP contribution in [0, 0.1) is 39.9 Å². The van der Waals surface area contributed by atoms with Gasteiger partial charge >= 0.3 is 11.9 Å². The van der Waals surface area contributed by atoms with Crippen molar-refractivity contribution in [3.05, 3.63) is 34.4 Å². The first kappa shape index (κ1) is 21.7. The van der Waals surface area contributed by atoms with Crippen LogP contribution in [0.15, 0.2) is 12.1 Å². The Bertz CT molecular complexity index is 827. The minimum atomic E-state index is -1.10. The monoisotopic (exact) mass is 367 g/mol. The van der Waals surface area contributed by atoms with Crippen molar-refractivity contribution in [1.82, 2.24) is 0 Å². The van der Waals surface area contributed by atoms with Crippen LogP contribution in [-0.2, 0) is 19.1 Å². The molecule has 0 unspecified atom stereocenters. The Morgan fingerprint density at radius 3 is 1.96 bits per heavy atom. The number of carbonyl (C=O) groups is 2. The maximum atomic E-state index is 12.5. The van der Waals surface area contributed by atoms with E-state index in [1.807, 2.05) is 25.1 Å². The van der Waals surface area contributed by atoms with Gasteiger partial charge in [-0.2, -0.15) is 15.8 Å². The number of ether oxygens (including phenoxy) is 2. The highest BCUT2D eigenvalue weighted by Gasteiger charge is 2.38. The van der Waals surface area contributed by atoms with Crippen LogP contribution in [0.5, 0.6) is 0 Å². The van der Waals surface area contributed by atoms with Gasteiger partial charge in [-0.3, -0.25) is 9.59 Å². The topological polar surface area (TPSA) is 124 Å². The second-order valence-electron chi connectivity index (χ2n) is 5.95. The molecule has 7 nitrogen and oxygen atoms in total. The zero-order valence-electron chi connectivity index (χ0n) is 15.6. The van der Waals surface area contributed by atoms with E-state index in [0.29, 0.717) is 12.8 Å². The molecule has 7 heteroatoms. The van der Waals surface area contributed by atoms with Crippen LogP contribution in [0.1, 0.15) is 60.8 Å². The Hall–Kier alpha value is -3.37. The molecule has 140 valence electrons. The lowest BCUT2D eigenvalue weighted by atomic mass is 9.79. The number of nitrogens with zero attached hydrogens (tertiary/aromatic N) is 3. The summed E-state index contributed by atoms with van der Waals surface area (Å²) in [5, 5.41) is 27.9. The smallest absolute Gasteiger partial charge is 0.314 e. The quantitative estimate of drug-likeness (QED) is 0.511. The van der Waals surface area contributed by atoms with Crippen molar-refractivity contribution in [2.24, 2.45) is 5.92 Å². The summed E-state index contributed by atoms with van der Waals surface area (Å²) < 4.78 is 9.74. The van der Waals surface area contributed by atoms with Gasteiger partial charge in [0.2, 0.25) is 0 Å². The van der Waals surface area contributed by atoms with Gasteiger partial charge < -0.3 is 9.47 Å². The summed E-state index contributed by atoms with van der Waals surface area (Å²) in [6.45, 7) is 2.01. The zero-order chi connectivity index (χ0) is 20.4. The van der Waals surface area contributed by atoms with Crippen LogP contribution >= 0.6 is 0 Å². The molecule has 0 aliphatic heterocycles. The molecule has 0 saturated carbocycles. The Kier molecular flexibility index (Phi) is 8.49. The van der Waals surface area contributed by atoms with E-state index in [9.17, 15) is 20.1 Å². The summed E-state index contributed by atoms with van der Waals surface area (Å²) in [7, 11) is 2.42. The number of methoxy groups -OCH3 is 2. The molecule has 27 heavy (non-hydrogen) atoms. The SMILES string of the molecule is CCCCC[C@H](C(=O)OC)[C@@H](C(=O)OC)c1cc(C#N)c(C#N)cc1C#N. The standard InChI is InChI=1S/C20H21N3O4/c1-4-5-6-7-16(19(24)26-2)18(20(25)27-3)17-9-14(11-22)13(10-21)8-15(17)12-23/h8-9,16,18H,4-7H2,1-3H3/t16-,18+/m0/s1. The molecular formula is C20H21N3O4. The second-order valence-corrected chi connectivity index (χ2v) is 5.95. The average Bonchev–Trinajstić information content (AvgIpc) is 2.71. The molecule has 1 rings (SSSR count). The van der Waals surface area contributed by atoms with Crippen LogP contribution in [-0.4, -0.2) is 26.2 Å². The zero-order valence-corrected chi connectivity index (χ0v) is 15.6. The van der Waals surface area contributed by atoms with E-state index in [1.54, 1.807) is 0 Å². The molecule has 0 amide bonds. The summed E-state index contributed by atoms with van der Waals surface area (Å²) in [5.74, 6) is -3.25. The van der Waals surface area contributed by atoms with Gasteiger partial charge in [0, 0.05) is 0 Å². The second kappa shape index (κ2) is 10.6. The van der Waals surface area contributed by atoms with E-state index in [-0.39, 0.29) is 22.3 Å². The third-order valence-electron chi connectivity index (χ3n) is 4.37. The number of hydrogen-bond donors (Lipinski definition) is 0. The molecule has 0 heterocycles. The lowest BCUT2D eigenvalue weighted by Gasteiger charge is -2.24. The fourth-order valence-corrected chi connectivity index (χ4v) is 2.98. The lowest BCUT2D eigenvalue weighted by Crippen LogP contribution is -2.31. The molecule has 0 fully saturated rings. The normalized spacial score (nSPS) is 12.0. The number of benzene rings is 1. The van der Waals surface area contributed by atoms with Crippen LogP contribution < -0.4 is 0 Å². The van der Waals surface area contributed by atoms with Crippen molar-refractivity contribution >= 4 is 11.9 Å². The number of rotatable bonds is 8. The van der Waals surface area contributed by atoms with Crippen molar-refractivity contribution in [2.45, 2.75) is 38.5 Å². The minimum absolute atomic E-state index is 0.0255. The van der Waals surface area contributed by atoms with Gasteiger partial charge in [0.1, 0.15) is 12.1 Å². The van der Waals surface area contributed by atoms with Crippen LogP contribution in [0.3, 0.4) is 0 Å². The highest BCUT2D eigenvalue weighted by Crippen LogP contribution is 2.34. The summed E-state index contributed by atoms with van der Waals surface area (Å²) in [5.41, 5.74) is 0.289. The average molecular weight is 367 g/mol. The maximum Gasteiger partial charge on any atom is 0.314 e. The van der Waals surface area contributed by atoms with Gasteiger partial charge in [0.25, 0.3) is 0 Å². The van der Waals surface area contributed by atoms with Crippen molar-refractivity contribution in [1.29, 1.82) is 15.8 Å². The highest BCUT2D eigenvalue weighted by atomic mass is 16.5. The molecule has 1 aromatic rings. The largest absolute Gasteiger partial charge is 0.469 e. The molecule has 0 aliphatic rings. The molecule has 0 aliphatic carbocycles. The van der Waals surface area contributed by atoms with Crippen molar-refractivity contribution in [3.63, 3.8) is 0 Å². The first-order valence-corrected chi connectivity index (χ1v) is 8.52. The fraction of sp³-hybridized carbons (Fsp3) is 0.450. The van der Waals surface area contributed by atoms with Gasteiger partial charge in [-0.25, -0.2) is 0 Å². The number of hydrogen-bond acceptors (Lipinski definition) is 7. The van der Waals surface area contributed by atoms with Crippen molar-refractivity contribution < 1.29 is 19.1 Å². The van der Waals surface area contributed by atoms with E-state index in [0.717, 1.165) is 12.8 Å². The van der Waals surface area contributed by atoms with Gasteiger partial charge in [-0.1, -0.05) is 26.2 Å². The molecule has 0 radical (unpaired) electrons. The Labute approximate surface area is 158 Å². The maximum absolute atomic E-state index is 12.5. The van der Waals surface area contributed by atoms with Gasteiger partial charge in [0.15, 0.2) is 0 Å². The molecule has 2 atom stereocenters. The summed E-state index contributed by atoms with van der Waals surface area (Å²) >= 11 is 0. The van der Waals surface area contributed by atoms with E-state index >= 15 is 0 Å². The van der Waals surface area contributed by atoms with E-state index in [1.165, 1.54) is 26.4 Å². The highest BCUT2D eigenvalue weighted by molar-refractivity contribution is 5.87. The Morgan fingerprint density at radius 2 is 1.48 bits per heavy atom. The van der Waals surface area contributed by atoms with Crippen LogP contribution in [0.2, 0.25) is 0 Å². The fourth-order valence-electron chi connectivity index (χ4n) is 2.98. The van der Waals surface area contributed by atoms with Gasteiger partial charge in [-0.05, 0) is 24.1 Å². The van der Waals surface area contributed by atoms with Gasteiger partial charge in [0.05, 0.1) is 48.8 Å². The Balaban J connectivity index is 3.60. The first-order valence-electron chi connectivity index (χ1n) is 8.52. The first-order chi connectivity index (χ1) is 13.0. The minimum Gasteiger partial charge on any atom is -0.469 e. The molecule has 0 saturated heterocycles. The number of nitriles is 3. The summed E-state index contributed by atoms with van der Waals surface area (Å²) in [4.78, 5) is 24.9. The third kappa shape index (κ3) is 5.06.